The van der Waals surface area contributed by atoms with Crippen LogP contribution in [0.25, 0.3) is 0 Å². The normalized spacial score (nSPS) is 10.8. The molecule has 0 saturated carbocycles. The summed E-state index contributed by atoms with van der Waals surface area (Å²) in [6, 6.07) is 9.30. The maximum absolute atomic E-state index is 9.80. The van der Waals surface area contributed by atoms with Crippen LogP contribution >= 0.6 is 0 Å². The molecule has 0 radical (unpaired) electrons. The van der Waals surface area contributed by atoms with Crippen molar-refractivity contribution < 1.29 is 20.4 Å². The minimum absolute atomic E-state index is 0.209. The molecular weight excluding hydrogens is 232 g/mol. The van der Waals surface area contributed by atoms with E-state index in [2.05, 4.69) is 0 Å². The molecule has 0 bridgehead atoms. The molecule has 0 atom stereocenters. The molecular formula is C14H14O4. The molecule has 0 aliphatic heterocycles. The highest BCUT2D eigenvalue weighted by Crippen LogP contribution is 2.41. The summed E-state index contributed by atoms with van der Waals surface area (Å²) in [5.74, 6) is -1.21. The minimum Gasteiger partial charge on any atom is -0.504 e. The van der Waals surface area contributed by atoms with E-state index >= 15 is 0 Å². The van der Waals surface area contributed by atoms with Crippen LogP contribution in [0, 0.1) is 0 Å². The first-order valence-corrected chi connectivity index (χ1v) is 5.54. The summed E-state index contributed by atoms with van der Waals surface area (Å²) in [7, 11) is 0. The van der Waals surface area contributed by atoms with Gasteiger partial charge < -0.3 is 20.4 Å². The van der Waals surface area contributed by atoms with Gasteiger partial charge in [0.05, 0.1) is 0 Å². The molecule has 0 spiro atoms. The standard InChI is InChI=1S/C14H14O4/c1-8(9-4-2-6-11(15)13(9)17)10-5-3-7-12(16)14(10)18/h2-8,15-18H,1H3. The summed E-state index contributed by atoms with van der Waals surface area (Å²) in [4.78, 5) is 0. The molecule has 18 heavy (non-hydrogen) atoms. The summed E-state index contributed by atoms with van der Waals surface area (Å²) in [5.41, 5.74) is 0.965. The van der Waals surface area contributed by atoms with Crippen LogP contribution in [0.4, 0.5) is 0 Å². The highest BCUT2D eigenvalue weighted by atomic mass is 16.3. The fraction of sp³-hybridized carbons (Fsp3) is 0.143. The third kappa shape index (κ3) is 1.93. The van der Waals surface area contributed by atoms with Gasteiger partial charge in [-0.1, -0.05) is 31.2 Å². The number of para-hydroxylation sites is 2. The van der Waals surface area contributed by atoms with Crippen LogP contribution in [0.3, 0.4) is 0 Å². The SMILES string of the molecule is CC(c1cccc(O)c1O)c1cccc(O)c1O. The van der Waals surface area contributed by atoms with Gasteiger partial charge in [-0.3, -0.25) is 0 Å². The smallest absolute Gasteiger partial charge is 0.161 e. The second-order valence-electron chi connectivity index (χ2n) is 4.15. The van der Waals surface area contributed by atoms with Crippen LogP contribution in [0.2, 0.25) is 0 Å². The van der Waals surface area contributed by atoms with Gasteiger partial charge in [0.2, 0.25) is 0 Å². The van der Waals surface area contributed by atoms with Crippen LogP contribution in [-0.2, 0) is 0 Å². The van der Waals surface area contributed by atoms with E-state index < -0.39 is 0 Å². The highest BCUT2D eigenvalue weighted by Gasteiger charge is 2.19. The Morgan fingerprint density at radius 3 is 1.50 bits per heavy atom. The molecule has 4 nitrogen and oxygen atoms in total. The maximum atomic E-state index is 9.80. The van der Waals surface area contributed by atoms with Crippen molar-refractivity contribution >= 4 is 0 Å². The third-order valence-electron chi connectivity index (χ3n) is 3.02. The Hall–Kier alpha value is -2.36. The molecule has 4 N–H and O–H groups in total. The van der Waals surface area contributed by atoms with E-state index in [0.29, 0.717) is 11.1 Å². The Balaban J connectivity index is 2.51. The van der Waals surface area contributed by atoms with Crippen molar-refractivity contribution in [3.8, 4) is 23.0 Å². The van der Waals surface area contributed by atoms with E-state index in [1.54, 1.807) is 31.2 Å². The Bertz CT molecular complexity index is 527. The van der Waals surface area contributed by atoms with E-state index in [1.807, 2.05) is 0 Å². The number of hydrogen-bond donors (Lipinski definition) is 4. The Labute approximate surface area is 104 Å². The summed E-state index contributed by atoms with van der Waals surface area (Å²) in [6.45, 7) is 1.77. The molecule has 0 saturated heterocycles. The average molecular weight is 246 g/mol. The van der Waals surface area contributed by atoms with Gasteiger partial charge in [-0.15, -0.1) is 0 Å². The monoisotopic (exact) mass is 246 g/mol. The van der Waals surface area contributed by atoms with Crippen LogP contribution in [0.1, 0.15) is 24.0 Å². The van der Waals surface area contributed by atoms with Gasteiger partial charge in [-0.25, -0.2) is 0 Å². The molecule has 2 aromatic carbocycles. The molecule has 2 aromatic rings. The van der Waals surface area contributed by atoms with Gasteiger partial charge >= 0.3 is 0 Å². The first-order chi connectivity index (χ1) is 8.52. The number of rotatable bonds is 2. The number of benzene rings is 2. The zero-order chi connectivity index (χ0) is 13.3. The maximum Gasteiger partial charge on any atom is 0.161 e. The van der Waals surface area contributed by atoms with E-state index in [9.17, 15) is 20.4 Å². The Morgan fingerprint density at radius 1 is 0.722 bits per heavy atom. The summed E-state index contributed by atoms with van der Waals surface area (Å²) in [5, 5.41) is 38.5. The van der Waals surface area contributed by atoms with Crippen molar-refractivity contribution in [1.82, 2.24) is 0 Å². The van der Waals surface area contributed by atoms with Gasteiger partial charge in [-0.05, 0) is 12.1 Å². The summed E-state index contributed by atoms with van der Waals surface area (Å²) < 4.78 is 0. The molecule has 0 amide bonds. The molecule has 2 rings (SSSR count). The van der Waals surface area contributed by atoms with Crippen molar-refractivity contribution in [2.45, 2.75) is 12.8 Å². The molecule has 4 heteroatoms. The van der Waals surface area contributed by atoms with Gasteiger partial charge in [0.15, 0.2) is 23.0 Å². The zero-order valence-electron chi connectivity index (χ0n) is 9.83. The van der Waals surface area contributed by atoms with Crippen LogP contribution < -0.4 is 0 Å². The predicted octanol–water partition coefficient (Wildman–Crippen LogP) is 2.66. The van der Waals surface area contributed by atoms with Crippen molar-refractivity contribution in [2.24, 2.45) is 0 Å². The van der Waals surface area contributed by atoms with E-state index in [0.717, 1.165) is 0 Å². The lowest BCUT2D eigenvalue weighted by Gasteiger charge is -2.16. The van der Waals surface area contributed by atoms with Crippen molar-refractivity contribution in [1.29, 1.82) is 0 Å². The van der Waals surface area contributed by atoms with Gasteiger partial charge in [0.25, 0.3) is 0 Å². The lowest BCUT2D eigenvalue weighted by molar-refractivity contribution is 0.392. The Kier molecular flexibility index (Phi) is 3.02. The average Bonchev–Trinajstić information content (AvgIpc) is 2.35. The van der Waals surface area contributed by atoms with E-state index in [-0.39, 0.29) is 28.9 Å². The fourth-order valence-electron chi connectivity index (χ4n) is 1.96. The topological polar surface area (TPSA) is 80.9 Å². The number of phenols is 4. The third-order valence-corrected chi connectivity index (χ3v) is 3.02. The number of hydrogen-bond acceptors (Lipinski definition) is 4. The quantitative estimate of drug-likeness (QED) is 0.614. The molecule has 0 aliphatic rings. The van der Waals surface area contributed by atoms with E-state index in [1.165, 1.54) is 12.1 Å². The number of phenolic OH excluding ortho intramolecular Hbond substituents is 4. The highest BCUT2D eigenvalue weighted by molar-refractivity contribution is 5.53. The second kappa shape index (κ2) is 4.49. The fourth-order valence-corrected chi connectivity index (χ4v) is 1.96. The molecule has 0 unspecified atom stereocenters. The molecule has 0 aliphatic carbocycles. The lowest BCUT2D eigenvalue weighted by atomic mass is 9.91. The van der Waals surface area contributed by atoms with Crippen LogP contribution in [0.5, 0.6) is 23.0 Å². The van der Waals surface area contributed by atoms with Gasteiger partial charge in [0.1, 0.15) is 0 Å². The van der Waals surface area contributed by atoms with Crippen molar-refractivity contribution in [3.05, 3.63) is 47.5 Å². The second-order valence-corrected chi connectivity index (χ2v) is 4.15. The zero-order valence-corrected chi connectivity index (χ0v) is 9.83. The molecule has 0 fully saturated rings. The van der Waals surface area contributed by atoms with Crippen LogP contribution in [-0.4, -0.2) is 20.4 Å². The first kappa shape index (κ1) is 12.1. The molecule has 0 heterocycles. The minimum atomic E-state index is -0.357. The summed E-state index contributed by atoms with van der Waals surface area (Å²) in [6.07, 6.45) is 0. The first-order valence-electron chi connectivity index (χ1n) is 5.54. The van der Waals surface area contributed by atoms with Crippen molar-refractivity contribution in [3.63, 3.8) is 0 Å². The number of aromatic hydroxyl groups is 4. The predicted molar refractivity (Wildman–Crippen MR) is 67.1 cm³/mol. The lowest BCUT2D eigenvalue weighted by Crippen LogP contribution is -1.97. The van der Waals surface area contributed by atoms with E-state index in [4.69, 9.17) is 0 Å². The summed E-state index contributed by atoms with van der Waals surface area (Å²) >= 11 is 0. The van der Waals surface area contributed by atoms with Crippen LogP contribution in [0.15, 0.2) is 36.4 Å². The van der Waals surface area contributed by atoms with Crippen molar-refractivity contribution in [2.75, 3.05) is 0 Å². The Morgan fingerprint density at radius 2 is 1.11 bits per heavy atom. The molecule has 0 aromatic heterocycles. The van der Waals surface area contributed by atoms with Gasteiger partial charge in [-0.2, -0.15) is 0 Å². The van der Waals surface area contributed by atoms with Gasteiger partial charge in [0, 0.05) is 17.0 Å². The molecule has 94 valence electrons. The largest absolute Gasteiger partial charge is 0.504 e.